The molecule has 11 aromatic carbocycles. The number of nitrogens with zero attached hydrogens (tertiary/aromatic N) is 2. The van der Waals surface area contributed by atoms with Gasteiger partial charge in [-0.2, -0.15) is 0 Å². The lowest BCUT2D eigenvalue weighted by atomic mass is 9.52. The maximum atomic E-state index is 5.38. The Labute approximate surface area is 431 Å². The minimum absolute atomic E-state index is 0.490. The van der Waals surface area contributed by atoms with Crippen LogP contribution in [0, 0.1) is 0 Å². The van der Waals surface area contributed by atoms with Crippen molar-refractivity contribution in [2.24, 2.45) is 0 Å². The highest BCUT2D eigenvalue weighted by Gasteiger charge is 2.59. The van der Waals surface area contributed by atoms with Crippen molar-refractivity contribution in [3.63, 3.8) is 0 Å². The molecule has 0 saturated carbocycles. The summed E-state index contributed by atoms with van der Waals surface area (Å²) in [7, 11) is 0. The Kier molecular flexibility index (Phi) is 9.43. The number of rotatable bonds is 6. The van der Waals surface area contributed by atoms with Crippen LogP contribution in [0.15, 0.2) is 279 Å². The Morgan fingerprint density at radius 1 is 0.203 bits per heavy atom. The predicted octanol–water partition coefficient (Wildman–Crippen LogP) is 17.5. The molecule has 344 valence electrons. The van der Waals surface area contributed by atoms with Crippen molar-refractivity contribution in [1.29, 1.82) is 0 Å². The van der Waals surface area contributed by atoms with Gasteiger partial charge in [-0.15, -0.1) is 0 Å². The van der Waals surface area contributed by atoms with Crippen molar-refractivity contribution >= 4 is 0 Å². The Hall–Kier alpha value is -9.50. The lowest BCUT2D eigenvalue weighted by Gasteiger charge is -2.48. The number of fused-ring (bicyclic) bond motifs is 16. The van der Waals surface area contributed by atoms with Gasteiger partial charge in [-0.1, -0.05) is 267 Å². The van der Waals surface area contributed by atoms with Crippen molar-refractivity contribution in [3.05, 3.63) is 324 Å². The summed E-state index contributed by atoms with van der Waals surface area (Å²) in [6.45, 7) is 0. The Morgan fingerprint density at radius 3 is 1.03 bits per heavy atom. The van der Waals surface area contributed by atoms with Gasteiger partial charge in [0.05, 0.1) is 22.2 Å². The van der Waals surface area contributed by atoms with Gasteiger partial charge in [-0.25, -0.2) is 9.97 Å². The summed E-state index contributed by atoms with van der Waals surface area (Å²) >= 11 is 0. The predicted molar refractivity (Wildman–Crippen MR) is 303 cm³/mol. The average Bonchev–Trinajstić information content (AvgIpc) is 3.95. The van der Waals surface area contributed by atoms with E-state index in [0.29, 0.717) is 5.82 Å². The fraction of sp³-hybridized carbons (Fsp3) is 0.0278. The normalized spacial score (nSPS) is 13.6. The summed E-state index contributed by atoms with van der Waals surface area (Å²) in [6, 6.07) is 103. The standard InChI is InChI=1S/C72H46N2/c1-3-19-47(20-4-1)49-37-41-51(42-38-49)67-46-68(52-43-39-50(40-44-52)48-21-5-2-6-22-48)74-70(73-67)54-24-17-23-53(45-54)55-28-18-36-66-69(55)58-27-9-12-31-61(58)72(66)64-34-15-13-32-62(64)71(63-33-14-16-35-65(63)72)59-29-10-7-25-56(59)57-26-8-11-30-60(57)71/h1-46H. The Morgan fingerprint density at radius 2 is 0.527 bits per heavy atom. The molecule has 2 spiro atoms. The van der Waals surface area contributed by atoms with Crippen molar-refractivity contribution < 1.29 is 0 Å². The van der Waals surface area contributed by atoms with Gasteiger partial charge in [0, 0.05) is 16.7 Å². The molecule has 0 atom stereocenters. The van der Waals surface area contributed by atoms with E-state index in [2.05, 4.69) is 279 Å². The van der Waals surface area contributed by atoms with Crippen molar-refractivity contribution in [2.75, 3.05) is 0 Å². The van der Waals surface area contributed by atoms with Gasteiger partial charge < -0.3 is 0 Å². The summed E-state index contributed by atoms with van der Waals surface area (Å²) in [6.07, 6.45) is 0. The smallest absolute Gasteiger partial charge is 0.160 e. The minimum atomic E-state index is -0.580. The summed E-state index contributed by atoms with van der Waals surface area (Å²) in [4.78, 5) is 10.8. The number of aromatic nitrogens is 2. The van der Waals surface area contributed by atoms with Crippen molar-refractivity contribution in [1.82, 2.24) is 9.97 Å². The molecule has 12 aromatic rings. The third-order valence-corrected chi connectivity index (χ3v) is 16.2. The van der Waals surface area contributed by atoms with Crippen LogP contribution in [-0.4, -0.2) is 9.97 Å². The van der Waals surface area contributed by atoms with E-state index < -0.39 is 10.8 Å². The zero-order valence-electron chi connectivity index (χ0n) is 40.5. The first-order chi connectivity index (χ1) is 36.7. The van der Waals surface area contributed by atoms with Crippen LogP contribution in [0.2, 0.25) is 0 Å². The first-order valence-corrected chi connectivity index (χ1v) is 25.6. The maximum Gasteiger partial charge on any atom is 0.160 e. The molecule has 0 N–H and O–H groups in total. The van der Waals surface area contributed by atoms with Crippen LogP contribution >= 0.6 is 0 Å². The summed E-state index contributed by atoms with van der Waals surface area (Å²) < 4.78 is 0. The largest absolute Gasteiger partial charge is 0.228 e. The molecule has 0 bridgehead atoms. The lowest BCUT2D eigenvalue weighted by molar-refractivity contribution is 0.633. The van der Waals surface area contributed by atoms with E-state index in [9.17, 15) is 0 Å². The van der Waals surface area contributed by atoms with E-state index in [1.165, 1.54) is 94.6 Å². The minimum Gasteiger partial charge on any atom is -0.228 e. The summed E-state index contributed by atoms with van der Waals surface area (Å²) in [5, 5.41) is 0. The van der Waals surface area contributed by atoms with Crippen LogP contribution in [0.25, 0.3) is 89.5 Å². The van der Waals surface area contributed by atoms with Gasteiger partial charge >= 0.3 is 0 Å². The topological polar surface area (TPSA) is 25.8 Å². The van der Waals surface area contributed by atoms with E-state index in [1.807, 2.05) is 0 Å². The molecule has 15 rings (SSSR count). The zero-order valence-corrected chi connectivity index (χ0v) is 40.5. The van der Waals surface area contributed by atoms with Crippen LogP contribution in [0.4, 0.5) is 0 Å². The molecule has 1 heterocycles. The molecule has 0 fully saturated rings. The number of benzene rings is 11. The van der Waals surface area contributed by atoms with Crippen LogP contribution < -0.4 is 0 Å². The molecule has 0 radical (unpaired) electrons. The molecular weight excluding hydrogens is 893 g/mol. The zero-order chi connectivity index (χ0) is 48.8. The molecule has 2 heteroatoms. The van der Waals surface area contributed by atoms with E-state index >= 15 is 0 Å². The van der Waals surface area contributed by atoms with Crippen LogP contribution in [0.5, 0.6) is 0 Å². The molecule has 0 amide bonds. The molecule has 0 unspecified atom stereocenters. The fourth-order valence-electron chi connectivity index (χ4n) is 13.2. The molecule has 3 aliphatic rings. The maximum absolute atomic E-state index is 5.38. The van der Waals surface area contributed by atoms with Gasteiger partial charge in [0.25, 0.3) is 0 Å². The van der Waals surface area contributed by atoms with Crippen LogP contribution in [-0.2, 0) is 10.8 Å². The van der Waals surface area contributed by atoms with Crippen LogP contribution in [0.1, 0.15) is 44.5 Å². The summed E-state index contributed by atoms with van der Waals surface area (Å²) in [5.74, 6) is 0.681. The number of hydrogen-bond acceptors (Lipinski definition) is 2. The molecule has 1 aromatic heterocycles. The third kappa shape index (κ3) is 6.06. The van der Waals surface area contributed by atoms with Crippen molar-refractivity contribution in [3.8, 4) is 89.5 Å². The first kappa shape index (κ1) is 42.2. The summed E-state index contributed by atoms with van der Waals surface area (Å²) in [5.41, 5.74) is 26.5. The molecule has 3 aliphatic carbocycles. The monoisotopic (exact) mass is 938 g/mol. The fourth-order valence-corrected chi connectivity index (χ4v) is 13.2. The molecule has 0 aliphatic heterocycles. The van der Waals surface area contributed by atoms with E-state index in [-0.39, 0.29) is 0 Å². The highest BCUT2D eigenvalue weighted by Crippen LogP contribution is 2.68. The van der Waals surface area contributed by atoms with E-state index in [0.717, 1.165) is 33.6 Å². The molecular formula is C72H46N2. The molecule has 2 nitrogen and oxygen atoms in total. The van der Waals surface area contributed by atoms with Crippen LogP contribution in [0.3, 0.4) is 0 Å². The lowest BCUT2D eigenvalue weighted by Crippen LogP contribution is -2.43. The Balaban J connectivity index is 0.907. The van der Waals surface area contributed by atoms with Crippen molar-refractivity contribution in [2.45, 2.75) is 10.8 Å². The highest BCUT2D eigenvalue weighted by molar-refractivity contribution is 5.99. The van der Waals surface area contributed by atoms with Gasteiger partial charge in [-0.05, 0) is 112 Å². The molecule has 74 heavy (non-hydrogen) atoms. The quantitative estimate of drug-likeness (QED) is 0.166. The average molecular weight is 939 g/mol. The number of hydrogen-bond donors (Lipinski definition) is 0. The molecule has 0 saturated heterocycles. The van der Waals surface area contributed by atoms with Gasteiger partial charge in [-0.3, -0.25) is 0 Å². The highest BCUT2D eigenvalue weighted by atomic mass is 14.9. The second kappa shape index (κ2) is 16.5. The first-order valence-electron chi connectivity index (χ1n) is 25.6. The van der Waals surface area contributed by atoms with Gasteiger partial charge in [0.2, 0.25) is 0 Å². The van der Waals surface area contributed by atoms with Gasteiger partial charge in [0.15, 0.2) is 5.82 Å². The second-order valence-electron chi connectivity index (χ2n) is 19.9. The SMILES string of the molecule is c1ccc(-c2ccc(-c3cc(-c4ccc(-c5ccccc5)cc4)nc(-c4cccc(-c5cccc6c5-c5ccccc5C65c6ccccc6C6(c7ccccc7-c7ccccc76)c6ccccc65)c4)n3)cc2)cc1. The van der Waals surface area contributed by atoms with E-state index in [1.54, 1.807) is 0 Å². The Bertz CT molecular complexity index is 3980. The van der Waals surface area contributed by atoms with Gasteiger partial charge in [0.1, 0.15) is 0 Å². The second-order valence-corrected chi connectivity index (χ2v) is 19.9. The third-order valence-electron chi connectivity index (χ3n) is 16.2. The van der Waals surface area contributed by atoms with E-state index in [4.69, 9.17) is 9.97 Å².